The minimum absolute atomic E-state index is 0.823. The summed E-state index contributed by atoms with van der Waals surface area (Å²) >= 11 is 0. The maximum atomic E-state index is 5.42. The first-order valence-electron chi connectivity index (χ1n) is 9.59. The van der Waals surface area contributed by atoms with Crippen LogP contribution in [0.2, 0.25) is 0 Å². The average molecular weight is 314 g/mol. The highest BCUT2D eigenvalue weighted by Crippen LogP contribution is 2.35. The second kappa shape index (κ2) is 7.23. The van der Waals surface area contributed by atoms with E-state index in [-0.39, 0.29) is 0 Å². The molecule has 1 aromatic rings. The summed E-state index contributed by atoms with van der Waals surface area (Å²) in [6.07, 6.45) is 9.40. The topological polar surface area (TPSA) is 15.7 Å². The van der Waals surface area contributed by atoms with Crippen LogP contribution in [-0.2, 0) is 17.6 Å². The minimum atomic E-state index is 0.823. The van der Waals surface area contributed by atoms with Gasteiger partial charge in [0.25, 0.3) is 0 Å². The van der Waals surface area contributed by atoms with Gasteiger partial charge in [-0.25, -0.2) is 0 Å². The van der Waals surface area contributed by atoms with E-state index in [1.807, 2.05) is 0 Å². The van der Waals surface area contributed by atoms with Gasteiger partial charge in [-0.1, -0.05) is 25.0 Å². The average Bonchev–Trinajstić information content (AvgIpc) is 3.24. The number of anilines is 1. The predicted octanol–water partition coefficient (Wildman–Crippen LogP) is 3.26. The van der Waals surface area contributed by atoms with E-state index in [0.717, 1.165) is 32.3 Å². The lowest BCUT2D eigenvalue weighted by molar-refractivity contribution is 0.0375. The number of morpholine rings is 1. The second-order valence-electron chi connectivity index (χ2n) is 7.40. The number of hydrogen-bond acceptors (Lipinski definition) is 3. The number of nitrogens with zero attached hydrogens (tertiary/aromatic N) is 2. The molecule has 2 aliphatic heterocycles. The molecular formula is C20H30N2O. The van der Waals surface area contributed by atoms with Crippen LogP contribution in [0.5, 0.6) is 0 Å². The first kappa shape index (κ1) is 15.5. The molecule has 1 aromatic carbocycles. The molecule has 0 N–H and O–H groups in total. The van der Waals surface area contributed by atoms with Crippen molar-refractivity contribution in [1.82, 2.24) is 4.90 Å². The van der Waals surface area contributed by atoms with Crippen molar-refractivity contribution in [2.45, 2.75) is 51.0 Å². The molecule has 0 spiro atoms. The Labute approximate surface area is 140 Å². The van der Waals surface area contributed by atoms with Gasteiger partial charge >= 0.3 is 0 Å². The van der Waals surface area contributed by atoms with E-state index in [2.05, 4.69) is 28.0 Å². The van der Waals surface area contributed by atoms with Crippen molar-refractivity contribution in [3.05, 3.63) is 29.3 Å². The van der Waals surface area contributed by atoms with Crippen LogP contribution in [-0.4, -0.2) is 50.3 Å². The first-order chi connectivity index (χ1) is 11.4. The number of rotatable bonds is 5. The fourth-order valence-electron chi connectivity index (χ4n) is 4.56. The van der Waals surface area contributed by atoms with E-state index < -0.39 is 0 Å². The number of fused-ring (bicyclic) bond motifs is 1. The lowest BCUT2D eigenvalue weighted by Gasteiger charge is -2.27. The molecule has 2 fully saturated rings. The lowest BCUT2D eigenvalue weighted by Crippen LogP contribution is -2.36. The van der Waals surface area contributed by atoms with Gasteiger partial charge in [0.05, 0.1) is 13.2 Å². The molecule has 0 bridgehead atoms. The van der Waals surface area contributed by atoms with E-state index in [9.17, 15) is 0 Å². The molecular weight excluding hydrogens is 284 g/mol. The third kappa shape index (κ3) is 3.56. The standard InChI is InChI=1S/C20H30N2O/c1-2-6-19(5-1)22-11-9-18-16-17(7-8-20(18)22)4-3-10-21-12-14-23-15-13-21/h7-8,16,19H,1-6,9-15H2. The molecule has 3 heteroatoms. The molecule has 0 aromatic heterocycles. The third-order valence-electron chi connectivity index (χ3n) is 5.88. The summed E-state index contributed by atoms with van der Waals surface area (Å²) in [5.41, 5.74) is 4.67. The van der Waals surface area contributed by atoms with Crippen molar-refractivity contribution in [1.29, 1.82) is 0 Å². The van der Waals surface area contributed by atoms with Gasteiger partial charge < -0.3 is 9.64 Å². The number of hydrogen-bond donors (Lipinski definition) is 0. The van der Waals surface area contributed by atoms with Gasteiger partial charge in [0.15, 0.2) is 0 Å². The van der Waals surface area contributed by atoms with Crippen LogP contribution < -0.4 is 4.90 Å². The molecule has 1 saturated heterocycles. The van der Waals surface area contributed by atoms with E-state index in [4.69, 9.17) is 4.74 Å². The van der Waals surface area contributed by atoms with Crippen molar-refractivity contribution >= 4 is 5.69 Å². The Hall–Kier alpha value is -1.06. The Balaban J connectivity index is 1.32. The fraction of sp³-hybridized carbons (Fsp3) is 0.700. The van der Waals surface area contributed by atoms with Gasteiger partial charge in [-0.05, 0) is 55.8 Å². The Morgan fingerprint density at radius 3 is 2.70 bits per heavy atom. The first-order valence-corrected chi connectivity index (χ1v) is 9.59. The van der Waals surface area contributed by atoms with Crippen LogP contribution in [0.15, 0.2) is 18.2 Å². The highest BCUT2D eigenvalue weighted by Gasteiger charge is 2.28. The van der Waals surface area contributed by atoms with Crippen LogP contribution in [0, 0.1) is 0 Å². The Bertz CT molecular complexity index is 518. The molecule has 0 radical (unpaired) electrons. The molecule has 4 rings (SSSR count). The summed E-state index contributed by atoms with van der Waals surface area (Å²) in [7, 11) is 0. The number of aryl methyl sites for hydroxylation is 1. The predicted molar refractivity (Wildman–Crippen MR) is 95.3 cm³/mol. The summed E-state index contributed by atoms with van der Waals surface area (Å²) in [5.74, 6) is 0. The van der Waals surface area contributed by atoms with Gasteiger partial charge in [0, 0.05) is 31.4 Å². The van der Waals surface area contributed by atoms with Gasteiger partial charge in [0.2, 0.25) is 0 Å². The van der Waals surface area contributed by atoms with Crippen molar-refractivity contribution in [3.8, 4) is 0 Å². The van der Waals surface area contributed by atoms with Crippen LogP contribution in [0.4, 0.5) is 5.69 Å². The molecule has 0 unspecified atom stereocenters. The SMILES string of the molecule is c1cc2c(cc1CCCN1CCOCC1)CCN2C1CCCC1. The number of ether oxygens (including phenoxy) is 1. The summed E-state index contributed by atoms with van der Waals surface area (Å²) < 4.78 is 5.42. The zero-order valence-electron chi connectivity index (χ0n) is 14.3. The highest BCUT2D eigenvalue weighted by atomic mass is 16.5. The molecule has 3 aliphatic rings. The summed E-state index contributed by atoms with van der Waals surface area (Å²) in [6.45, 7) is 6.51. The van der Waals surface area contributed by atoms with Gasteiger partial charge in [-0.2, -0.15) is 0 Å². The van der Waals surface area contributed by atoms with E-state index in [1.54, 1.807) is 5.56 Å². The van der Waals surface area contributed by atoms with Crippen LogP contribution in [0.3, 0.4) is 0 Å². The van der Waals surface area contributed by atoms with Crippen molar-refractivity contribution < 1.29 is 4.74 Å². The van der Waals surface area contributed by atoms with Gasteiger partial charge in [-0.15, -0.1) is 0 Å². The second-order valence-corrected chi connectivity index (χ2v) is 7.40. The molecule has 23 heavy (non-hydrogen) atoms. The maximum absolute atomic E-state index is 5.42. The van der Waals surface area contributed by atoms with E-state index in [1.165, 1.54) is 69.3 Å². The maximum Gasteiger partial charge on any atom is 0.0594 e. The molecule has 0 atom stereocenters. The summed E-state index contributed by atoms with van der Waals surface area (Å²) in [5, 5.41) is 0. The van der Waals surface area contributed by atoms with E-state index in [0.29, 0.717) is 0 Å². The Morgan fingerprint density at radius 2 is 1.87 bits per heavy atom. The van der Waals surface area contributed by atoms with Gasteiger partial charge in [-0.3, -0.25) is 4.90 Å². The third-order valence-corrected chi connectivity index (χ3v) is 5.88. The molecule has 126 valence electrons. The largest absolute Gasteiger partial charge is 0.379 e. The quantitative estimate of drug-likeness (QED) is 0.830. The monoisotopic (exact) mass is 314 g/mol. The molecule has 0 amide bonds. The zero-order chi connectivity index (χ0) is 15.5. The summed E-state index contributed by atoms with van der Waals surface area (Å²) in [6, 6.07) is 8.10. The zero-order valence-corrected chi connectivity index (χ0v) is 14.3. The van der Waals surface area contributed by atoms with Gasteiger partial charge in [0.1, 0.15) is 0 Å². The molecule has 1 aliphatic carbocycles. The van der Waals surface area contributed by atoms with E-state index >= 15 is 0 Å². The van der Waals surface area contributed by atoms with Crippen molar-refractivity contribution in [2.24, 2.45) is 0 Å². The van der Waals surface area contributed by atoms with Crippen molar-refractivity contribution in [2.75, 3.05) is 44.3 Å². The molecule has 3 nitrogen and oxygen atoms in total. The minimum Gasteiger partial charge on any atom is -0.379 e. The highest BCUT2D eigenvalue weighted by molar-refractivity contribution is 5.60. The lowest BCUT2D eigenvalue weighted by atomic mass is 10.0. The van der Waals surface area contributed by atoms with Crippen LogP contribution in [0.1, 0.15) is 43.2 Å². The summed E-state index contributed by atoms with van der Waals surface area (Å²) in [4.78, 5) is 5.23. The normalized spacial score (nSPS) is 22.7. The smallest absolute Gasteiger partial charge is 0.0594 e. The fourth-order valence-corrected chi connectivity index (χ4v) is 4.56. The Kier molecular flexibility index (Phi) is 4.86. The van der Waals surface area contributed by atoms with Crippen LogP contribution >= 0.6 is 0 Å². The number of benzene rings is 1. The van der Waals surface area contributed by atoms with Crippen LogP contribution in [0.25, 0.3) is 0 Å². The Morgan fingerprint density at radius 1 is 1.04 bits per heavy atom. The molecule has 1 saturated carbocycles. The molecule has 2 heterocycles. The van der Waals surface area contributed by atoms with Crippen molar-refractivity contribution in [3.63, 3.8) is 0 Å².